The number of anilines is 1. The summed E-state index contributed by atoms with van der Waals surface area (Å²) < 4.78 is 51.6. The molecule has 0 unspecified atom stereocenters. The molecule has 1 N–H and O–H groups in total. The third-order valence-electron chi connectivity index (χ3n) is 4.39. The number of carbonyl (C=O) groups excluding carboxylic acids is 1. The van der Waals surface area contributed by atoms with E-state index in [4.69, 9.17) is 0 Å². The Morgan fingerprint density at radius 1 is 1.14 bits per heavy atom. The van der Waals surface area contributed by atoms with E-state index < -0.39 is 21.7 Å². The van der Waals surface area contributed by atoms with Crippen LogP contribution in [0.2, 0.25) is 0 Å². The standard InChI is InChI=1S/C20H24F2N2O3S/c1-14-7-4-5-8-17(14)15(2)23-20(25)9-6-12-24(28(3,26)27)16-10-11-18(21)19(22)13-16/h4-5,7-8,10-11,13,15H,6,9,12H2,1-3H3,(H,23,25)/t15-/m1/s1. The zero-order chi connectivity index (χ0) is 20.9. The fourth-order valence-corrected chi connectivity index (χ4v) is 3.93. The van der Waals surface area contributed by atoms with Gasteiger partial charge in [0, 0.05) is 19.0 Å². The number of carbonyl (C=O) groups is 1. The molecular formula is C20H24F2N2O3S. The number of amides is 1. The van der Waals surface area contributed by atoms with Crippen LogP contribution in [0.3, 0.4) is 0 Å². The van der Waals surface area contributed by atoms with E-state index in [0.717, 1.165) is 33.8 Å². The highest BCUT2D eigenvalue weighted by atomic mass is 32.2. The van der Waals surface area contributed by atoms with Crippen LogP contribution >= 0.6 is 0 Å². The van der Waals surface area contributed by atoms with Crippen LogP contribution in [0.15, 0.2) is 42.5 Å². The number of rotatable bonds is 8. The number of sulfonamides is 1. The number of nitrogens with one attached hydrogen (secondary N) is 1. The van der Waals surface area contributed by atoms with Crippen LogP contribution in [-0.4, -0.2) is 27.1 Å². The van der Waals surface area contributed by atoms with Gasteiger partial charge in [0.15, 0.2) is 11.6 Å². The van der Waals surface area contributed by atoms with Crippen LogP contribution in [0.25, 0.3) is 0 Å². The lowest BCUT2D eigenvalue weighted by atomic mass is 10.0. The van der Waals surface area contributed by atoms with Crippen molar-refractivity contribution in [2.45, 2.75) is 32.7 Å². The van der Waals surface area contributed by atoms with Crippen LogP contribution in [0.4, 0.5) is 14.5 Å². The molecule has 0 radical (unpaired) electrons. The van der Waals surface area contributed by atoms with Crippen LogP contribution < -0.4 is 9.62 Å². The molecule has 8 heteroatoms. The minimum Gasteiger partial charge on any atom is -0.350 e. The second-order valence-corrected chi connectivity index (χ2v) is 8.59. The molecule has 0 aliphatic carbocycles. The lowest BCUT2D eigenvalue weighted by Crippen LogP contribution is -2.32. The molecule has 0 fully saturated rings. The van der Waals surface area contributed by atoms with Crippen LogP contribution in [0.1, 0.15) is 36.9 Å². The van der Waals surface area contributed by atoms with Crippen molar-refractivity contribution in [2.24, 2.45) is 0 Å². The van der Waals surface area contributed by atoms with Crippen molar-refractivity contribution in [3.8, 4) is 0 Å². The molecule has 0 aliphatic rings. The predicted octanol–water partition coefficient (Wildman–Crippen LogP) is 3.70. The molecule has 2 rings (SSSR count). The van der Waals surface area contributed by atoms with Crippen molar-refractivity contribution in [2.75, 3.05) is 17.1 Å². The fourth-order valence-electron chi connectivity index (χ4n) is 2.97. The van der Waals surface area contributed by atoms with Gasteiger partial charge < -0.3 is 5.32 Å². The summed E-state index contributed by atoms with van der Waals surface area (Å²) in [7, 11) is -3.70. The van der Waals surface area contributed by atoms with Crippen LogP contribution in [0.5, 0.6) is 0 Å². The Morgan fingerprint density at radius 2 is 1.82 bits per heavy atom. The van der Waals surface area contributed by atoms with E-state index in [-0.39, 0.29) is 37.0 Å². The summed E-state index contributed by atoms with van der Waals surface area (Å²) in [5.41, 5.74) is 2.10. The Bertz CT molecular complexity index is 948. The molecule has 0 saturated carbocycles. The Hall–Kier alpha value is -2.48. The minimum atomic E-state index is -3.70. The summed E-state index contributed by atoms with van der Waals surface area (Å²) in [5.74, 6) is -2.40. The van der Waals surface area contributed by atoms with Crippen molar-refractivity contribution in [1.29, 1.82) is 0 Å². The van der Waals surface area contributed by atoms with Crippen molar-refractivity contribution >= 4 is 21.6 Å². The zero-order valence-electron chi connectivity index (χ0n) is 16.1. The lowest BCUT2D eigenvalue weighted by Gasteiger charge is -2.23. The SMILES string of the molecule is Cc1ccccc1[C@@H](C)NC(=O)CCCN(c1ccc(F)c(F)c1)S(C)(=O)=O. The highest BCUT2D eigenvalue weighted by molar-refractivity contribution is 7.92. The smallest absolute Gasteiger partial charge is 0.232 e. The third-order valence-corrected chi connectivity index (χ3v) is 5.58. The largest absolute Gasteiger partial charge is 0.350 e. The zero-order valence-corrected chi connectivity index (χ0v) is 16.9. The maximum Gasteiger partial charge on any atom is 0.232 e. The van der Waals surface area contributed by atoms with Gasteiger partial charge in [-0.25, -0.2) is 17.2 Å². The summed E-state index contributed by atoms with van der Waals surface area (Å²) in [6.45, 7) is 3.82. The first-order valence-electron chi connectivity index (χ1n) is 8.87. The van der Waals surface area contributed by atoms with Gasteiger partial charge in [-0.05, 0) is 43.5 Å². The topological polar surface area (TPSA) is 66.5 Å². The van der Waals surface area contributed by atoms with E-state index in [2.05, 4.69) is 5.32 Å². The predicted molar refractivity (Wildman–Crippen MR) is 106 cm³/mol. The van der Waals surface area contributed by atoms with E-state index in [1.807, 2.05) is 38.1 Å². The van der Waals surface area contributed by atoms with Crippen molar-refractivity contribution in [1.82, 2.24) is 5.32 Å². The first kappa shape index (κ1) is 21.8. The van der Waals surface area contributed by atoms with Gasteiger partial charge in [0.05, 0.1) is 18.0 Å². The van der Waals surface area contributed by atoms with E-state index >= 15 is 0 Å². The molecule has 0 saturated heterocycles. The quantitative estimate of drug-likeness (QED) is 0.722. The Morgan fingerprint density at radius 3 is 2.43 bits per heavy atom. The van der Waals surface area contributed by atoms with Crippen LogP contribution in [0, 0.1) is 18.6 Å². The second kappa shape index (κ2) is 9.14. The molecule has 2 aromatic carbocycles. The highest BCUT2D eigenvalue weighted by Crippen LogP contribution is 2.21. The van der Waals surface area contributed by atoms with Gasteiger partial charge in [-0.3, -0.25) is 9.10 Å². The average molecular weight is 410 g/mol. The summed E-state index contributed by atoms with van der Waals surface area (Å²) in [4.78, 5) is 12.2. The highest BCUT2D eigenvalue weighted by Gasteiger charge is 2.19. The minimum absolute atomic E-state index is 0.0178. The Kier molecular flexibility index (Phi) is 7.12. The summed E-state index contributed by atoms with van der Waals surface area (Å²) in [6.07, 6.45) is 1.32. The van der Waals surface area contributed by atoms with Crippen molar-refractivity contribution in [3.63, 3.8) is 0 Å². The van der Waals surface area contributed by atoms with Gasteiger partial charge in [-0.15, -0.1) is 0 Å². The molecule has 152 valence electrons. The molecule has 0 aliphatic heterocycles. The maximum atomic E-state index is 13.5. The maximum absolute atomic E-state index is 13.5. The van der Waals surface area contributed by atoms with Gasteiger partial charge >= 0.3 is 0 Å². The van der Waals surface area contributed by atoms with E-state index in [1.54, 1.807) is 0 Å². The second-order valence-electron chi connectivity index (χ2n) is 6.68. The third kappa shape index (κ3) is 5.76. The van der Waals surface area contributed by atoms with Gasteiger partial charge in [0.1, 0.15) is 0 Å². The number of aryl methyl sites for hydroxylation is 1. The normalized spacial score (nSPS) is 12.5. The van der Waals surface area contributed by atoms with Crippen molar-refractivity contribution in [3.05, 3.63) is 65.2 Å². The molecule has 2 aromatic rings. The molecule has 0 bridgehead atoms. The molecular weight excluding hydrogens is 386 g/mol. The molecule has 0 spiro atoms. The summed E-state index contributed by atoms with van der Waals surface area (Å²) >= 11 is 0. The monoisotopic (exact) mass is 410 g/mol. The number of hydrogen-bond acceptors (Lipinski definition) is 3. The summed E-state index contributed by atoms with van der Waals surface area (Å²) in [6, 6.07) is 10.4. The Balaban J connectivity index is 1.97. The van der Waals surface area contributed by atoms with Crippen molar-refractivity contribution < 1.29 is 22.0 Å². The lowest BCUT2D eigenvalue weighted by molar-refractivity contribution is -0.121. The number of benzene rings is 2. The average Bonchev–Trinajstić information content (AvgIpc) is 2.60. The first-order valence-corrected chi connectivity index (χ1v) is 10.7. The molecule has 1 amide bonds. The Labute approximate surface area is 164 Å². The first-order chi connectivity index (χ1) is 13.1. The van der Waals surface area contributed by atoms with E-state index in [9.17, 15) is 22.0 Å². The van der Waals surface area contributed by atoms with E-state index in [0.29, 0.717) is 0 Å². The molecule has 1 atom stereocenters. The molecule has 0 aromatic heterocycles. The van der Waals surface area contributed by atoms with Gasteiger partial charge in [-0.1, -0.05) is 24.3 Å². The van der Waals surface area contributed by atoms with Gasteiger partial charge in [0.2, 0.25) is 15.9 Å². The summed E-state index contributed by atoms with van der Waals surface area (Å²) in [5, 5.41) is 2.89. The van der Waals surface area contributed by atoms with E-state index in [1.165, 1.54) is 6.07 Å². The number of nitrogens with zero attached hydrogens (tertiary/aromatic N) is 1. The van der Waals surface area contributed by atoms with Crippen LogP contribution in [-0.2, 0) is 14.8 Å². The number of halogens is 2. The molecule has 0 heterocycles. The number of hydrogen-bond donors (Lipinski definition) is 1. The molecule has 28 heavy (non-hydrogen) atoms. The molecule has 5 nitrogen and oxygen atoms in total. The van der Waals surface area contributed by atoms with Gasteiger partial charge in [0.25, 0.3) is 0 Å². The fraction of sp³-hybridized carbons (Fsp3) is 0.350. The van der Waals surface area contributed by atoms with Gasteiger partial charge in [-0.2, -0.15) is 0 Å².